The molecule has 0 spiro atoms. The SMILES string of the molecule is C=C/C=C(\C=C/OC)C(=O)c1ccccc1NC. The first kappa shape index (κ1) is 13.8. The molecule has 0 aromatic heterocycles. The van der Waals surface area contributed by atoms with E-state index in [2.05, 4.69) is 11.9 Å². The maximum absolute atomic E-state index is 12.4. The van der Waals surface area contributed by atoms with Gasteiger partial charge in [-0.1, -0.05) is 30.9 Å². The van der Waals surface area contributed by atoms with Gasteiger partial charge in [0.2, 0.25) is 0 Å². The van der Waals surface area contributed by atoms with Gasteiger partial charge in [0.05, 0.1) is 13.4 Å². The number of benzene rings is 1. The quantitative estimate of drug-likeness (QED) is 0.361. The summed E-state index contributed by atoms with van der Waals surface area (Å²) in [5, 5.41) is 3.00. The summed E-state index contributed by atoms with van der Waals surface area (Å²) in [5.74, 6) is -0.0758. The van der Waals surface area contributed by atoms with E-state index >= 15 is 0 Å². The molecule has 0 aliphatic carbocycles. The number of ether oxygens (including phenoxy) is 1. The molecule has 0 amide bonds. The number of allylic oxidation sites excluding steroid dienone is 4. The summed E-state index contributed by atoms with van der Waals surface area (Å²) in [6, 6.07) is 7.36. The highest BCUT2D eigenvalue weighted by molar-refractivity contribution is 6.13. The number of methoxy groups -OCH3 is 1. The molecule has 1 rings (SSSR count). The number of carbonyl (C=O) groups is 1. The fourth-order valence-corrected chi connectivity index (χ4v) is 1.53. The summed E-state index contributed by atoms with van der Waals surface area (Å²) in [6.07, 6.45) is 6.32. The van der Waals surface area contributed by atoms with Crippen LogP contribution < -0.4 is 5.32 Å². The summed E-state index contributed by atoms with van der Waals surface area (Å²) in [7, 11) is 3.32. The van der Waals surface area contributed by atoms with Crippen molar-refractivity contribution in [2.24, 2.45) is 0 Å². The summed E-state index contributed by atoms with van der Waals surface area (Å²) in [4.78, 5) is 12.4. The molecule has 0 fully saturated rings. The predicted octanol–water partition coefficient (Wildman–Crippen LogP) is 3.18. The maximum atomic E-state index is 12.4. The number of ketones is 1. The van der Waals surface area contributed by atoms with E-state index in [9.17, 15) is 4.79 Å². The molecular formula is C15H17NO2. The Morgan fingerprint density at radius 3 is 2.72 bits per heavy atom. The van der Waals surface area contributed by atoms with Gasteiger partial charge >= 0.3 is 0 Å². The van der Waals surface area contributed by atoms with Gasteiger partial charge in [-0.05, 0) is 18.2 Å². The van der Waals surface area contributed by atoms with Gasteiger partial charge in [-0.25, -0.2) is 0 Å². The third-order valence-electron chi connectivity index (χ3n) is 2.38. The molecule has 3 nitrogen and oxygen atoms in total. The maximum Gasteiger partial charge on any atom is 0.195 e. The average molecular weight is 243 g/mol. The van der Waals surface area contributed by atoms with E-state index in [1.54, 1.807) is 31.3 Å². The molecule has 0 unspecified atom stereocenters. The van der Waals surface area contributed by atoms with E-state index < -0.39 is 0 Å². The Morgan fingerprint density at radius 1 is 1.39 bits per heavy atom. The van der Waals surface area contributed by atoms with E-state index in [1.165, 1.54) is 13.4 Å². The first-order valence-electron chi connectivity index (χ1n) is 5.58. The monoisotopic (exact) mass is 243 g/mol. The van der Waals surface area contributed by atoms with Crippen LogP contribution in [-0.2, 0) is 4.74 Å². The van der Waals surface area contributed by atoms with Crippen molar-refractivity contribution in [2.45, 2.75) is 0 Å². The average Bonchev–Trinajstić information content (AvgIpc) is 2.42. The lowest BCUT2D eigenvalue weighted by atomic mass is 10.0. The van der Waals surface area contributed by atoms with Crippen molar-refractivity contribution in [3.8, 4) is 0 Å². The van der Waals surface area contributed by atoms with Gasteiger partial charge in [-0.2, -0.15) is 0 Å². The Bertz CT molecular complexity index is 487. The Labute approximate surface area is 107 Å². The van der Waals surface area contributed by atoms with Crippen LogP contribution in [0.15, 0.2) is 60.9 Å². The van der Waals surface area contributed by atoms with Crippen molar-refractivity contribution >= 4 is 11.5 Å². The molecule has 18 heavy (non-hydrogen) atoms. The zero-order valence-electron chi connectivity index (χ0n) is 10.6. The topological polar surface area (TPSA) is 38.3 Å². The highest BCUT2D eigenvalue weighted by atomic mass is 16.5. The standard InChI is InChI=1S/C15H17NO2/c1-4-7-12(10-11-18-3)15(17)13-8-5-6-9-14(13)16-2/h4-11,16H,1H2,2-3H3/b11-10-,12-7+. The summed E-state index contributed by atoms with van der Waals surface area (Å²) < 4.78 is 4.84. The Kier molecular flexibility index (Phi) is 5.45. The van der Waals surface area contributed by atoms with Crippen molar-refractivity contribution in [3.05, 3.63) is 66.5 Å². The van der Waals surface area contributed by atoms with Crippen LogP contribution in [0, 0.1) is 0 Å². The number of hydrogen-bond acceptors (Lipinski definition) is 3. The largest absolute Gasteiger partial charge is 0.504 e. The minimum absolute atomic E-state index is 0.0758. The van der Waals surface area contributed by atoms with Crippen LogP contribution in [0.5, 0.6) is 0 Å². The first-order chi connectivity index (χ1) is 8.74. The summed E-state index contributed by atoms with van der Waals surface area (Å²) >= 11 is 0. The number of Topliss-reactive ketones (excluding diaryl/α,β-unsaturated/α-hetero) is 1. The summed E-state index contributed by atoms with van der Waals surface area (Å²) in [6.45, 7) is 3.61. The fraction of sp³-hybridized carbons (Fsp3) is 0.133. The van der Waals surface area contributed by atoms with E-state index in [1.807, 2.05) is 18.2 Å². The van der Waals surface area contributed by atoms with Crippen LogP contribution >= 0.6 is 0 Å². The lowest BCUT2D eigenvalue weighted by molar-refractivity contribution is 0.103. The number of anilines is 1. The van der Waals surface area contributed by atoms with Crippen LogP contribution in [0.25, 0.3) is 0 Å². The molecule has 0 radical (unpaired) electrons. The number of nitrogens with one attached hydrogen (secondary N) is 1. The molecular weight excluding hydrogens is 226 g/mol. The molecule has 0 aliphatic heterocycles. The molecule has 1 aromatic carbocycles. The van der Waals surface area contributed by atoms with E-state index in [-0.39, 0.29) is 5.78 Å². The third-order valence-corrected chi connectivity index (χ3v) is 2.38. The van der Waals surface area contributed by atoms with E-state index in [4.69, 9.17) is 4.74 Å². The van der Waals surface area contributed by atoms with Gasteiger partial charge in [0, 0.05) is 23.9 Å². The second-order valence-corrected chi connectivity index (χ2v) is 3.52. The van der Waals surface area contributed by atoms with Gasteiger partial charge in [-0.15, -0.1) is 0 Å². The van der Waals surface area contributed by atoms with Crippen molar-refractivity contribution in [2.75, 3.05) is 19.5 Å². The summed E-state index contributed by atoms with van der Waals surface area (Å²) in [5.41, 5.74) is 1.94. The second kappa shape index (κ2) is 7.12. The molecule has 0 saturated heterocycles. The van der Waals surface area contributed by atoms with Gasteiger partial charge in [0.15, 0.2) is 5.78 Å². The number of rotatable bonds is 6. The van der Waals surface area contributed by atoms with Crippen molar-refractivity contribution in [3.63, 3.8) is 0 Å². The zero-order chi connectivity index (χ0) is 13.4. The van der Waals surface area contributed by atoms with Crippen LogP contribution in [-0.4, -0.2) is 19.9 Å². The smallest absolute Gasteiger partial charge is 0.195 e. The molecule has 94 valence electrons. The van der Waals surface area contributed by atoms with Crippen LogP contribution in [0.1, 0.15) is 10.4 Å². The first-order valence-corrected chi connectivity index (χ1v) is 5.58. The van der Waals surface area contributed by atoms with Crippen molar-refractivity contribution in [1.29, 1.82) is 0 Å². The number of hydrogen-bond donors (Lipinski definition) is 1. The molecule has 0 aliphatic rings. The molecule has 1 aromatic rings. The predicted molar refractivity (Wildman–Crippen MR) is 74.7 cm³/mol. The highest BCUT2D eigenvalue weighted by Crippen LogP contribution is 2.19. The molecule has 0 heterocycles. The third kappa shape index (κ3) is 3.35. The Morgan fingerprint density at radius 2 is 2.11 bits per heavy atom. The Balaban J connectivity index is 3.14. The fourth-order valence-electron chi connectivity index (χ4n) is 1.53. The van der Waals surface area contributed by atoms with E-state index in [0.29, 0.717) is 11.1 Å². The number of para-hydroxylation sites is 1. The zero-order valence-corrected chi connectivity index (χ0v) is 10.6. The minimum atomic E-state index is -0.0758. The van der Waals surface area contributed by atoms with Crippen molar-refractivity contribution in [1.82, 2.24) is 0 Å². The molecule has 1 N–H and O–H groups in total. The molecule has 0 atom stereocenters. The molecule has 0 bridgehead atoms. The lowest BCUT2D eigenvalue weighted by Crippen LogP contribution is -2.05. The van der Waals surface area contributed by atoms with Gasteiger partial charge in [0.1, 0.15) is 0 Å². The van der Waals surface area contributed by atoms with Gasteiger partial charge in [0.25, 0.3) is 0 Å². The Hall–Kier alpha value is -2.29. The van der Waals surface area contributed by atoms with Gasteiger partial charge < -0.3 is 10.1 Å². The lowest BCUT2D eigenvalue weighted by Gasteiger charge is -2.08. The van der Waals surface area contributed by atoms with Crippen LogP contribution in [0.3, 0.4) is 0 Å². The normalized spacial score (nSPS) is 11.3. The van der Waals surface area contributed by atoms with Crippen LogP contribution in [0.2, 0.25) is 0 Å². The molecule has 0 saturated carbocycles. The minimum Gasteiger partial charge on any atom is -0.504 e. The van der Waals surface area contributed by atoms with E-state index in [0.717, 1.165) is 5.69 Å². The number of carbonyl (C=O) groups excluding carboxylic acids is 1. The second-order valence-electron chi connectivity index (χ2n) is 3.52. The highest BCUT2D eigenvalue weighted by Gasteiger charge is 2.12. The van der Waals surface area contributed by atoms with Crippen LogP contribution in [0.4, 0.5) is 5.69 Å². The molecule has 3 heteroatoms. The van der Waals surface area contributed by atoms with Crippen molar-refractivity contribution < 1.29 is 9.53 Å². The van der Waals surface area contributed by atoms with Gasteiger partial charge in [-0.3, -0.25) is 4.79 Å².